The van der Waals surface area contributed by atoms with Crippen molar-refractivity contribution in [2.75, 3.05) is 6.54 Å². The quantitative estimate of drug-likeness (QED) is 0.840. The highest BCUT2D eigenvalue weighted by Gasteiger charge is 2.23. The summed E-state index contributed by atoms with van der Waals surface area (Å²) in [7, 11) is 0. The van der Waals surface area contributed by atoms with Crippen molar-refractivity contribution in [3.05, 3.63) is 17.8 Å². The van der Waals surface area contributed by atoms with Crippen LogP contribution in [0, 0.1) is 5.92 Å². The van der Waals surface area contributed by atoms with Gasteiger partial charge in [0, 0.05) is 6.04 Å². The number of rotatable bonds is 6. The van der Waals surface area contributed by atoms with Crippen LogP contribution < -0.4 is 10.6 Å². The summed E-state index contributed by atoms with van der Waals surface area (Å²) < 4.78 is 5.42. The van der Waals surface area contributed by atoms with Crippen molar-refractivity contribution in [1.29, 1.82) is 0 Å². The van der Waals surface area contributed by atoms with Gasteiger partial charge in [-0.3, -0.25) is 4.79 Å². The number of carbonyl (C=O) groups excluding carboxylic acids is 1. The first-order valence-corrected chi connectivity index (χ1v) is 7.56. The van der Waals surface area contributed by atoms with E-state index in [-0.39, 0.29) is 18.0 Å². The van der Waals surface area contributed by atoms with Crippen LogP contribution in [-0.4, -0.2) is 23.5 Å². The molecule has 1 aromatic heterocycles. The number of nitrogens with one attached hydrogen (secondary N) is 2. The lowest BCUT2D eigenvalue weighted by Crippen LogP contribution is -2.33. The Morgan fingerprint density at radius 2 is 2.30 bits per heavy atom. The van der Waals surface area contributed by atoms with Gasteiger partial charge in [0.05, 0.1) is 6.04 Å². The molecule has 1 aliphatic rings. The molecule has 0 aliphatic carbocycles. The van der Waals surface area contributed by atoms with Crippen LogP contribution in [0.4, 0.5) is 0 Å². The first-order chi connectivity index (χ1) is 9.56. The molecule has 2 atom stereocenters. The zero-order chi connectivity index (χ0) is 14.5. The average molecular weight is 279 g/mol. The summed E-state index contributed by atoms with van der Waals surface area (Å²) in [5, 5.41) is 6.28. The van der Waals surface area contributed by atoms with Crippen LogP contribution in [0.2, 0.25) is 0 Å². The van der Waals surface area contributed by atoms with Gasteiger partial charge in [-0.1, -0.05) is 13.8 Å². The van der Waals surface area contributed by atoms with Crippen molar-refractivity contribution in [1.82, 2.24) is 15.6 Å². The monoisotopic (exact) mass is 279 g/mol. The minimum Gasteiger partial charge on any atom is -0.446 e. The number of hydrogen-bond acceptors (Lipinski definition) is 4. The van der Waals surface area contributed by atoms with Gasteiger partial charge >= 0.3 is 0 Å². The zero-order valence-electron chi connectivity index (χ0n) is 12.6. The Bertz CT molecular complexity index is 436. The van der Waals surface area contributed by atoms with Gasteiger partial charge in [-0.2, -0.15) is 0 Å². The van der Waals surface area contributed by atoms with Gasteiger partial charge in [0.2, 0.25) is 5.89 Å². The second kappa shape index (κ2) is 6.88. The predicted molar refractivity (Wildman–Crippen MR) is 77.5 cm³/mol. The SMILES string of the molecule is CC(C)CCC(C)NC(=O)c1coc(C2CCCN2)n1. The molecule has 0 spiro atoms. The first-order valence-electron chi connectivity index (χ1n) is 7.56. The molecule has 2 N–H and O–H groups in total. The van der Waals surface area contributed by atoms with E-state index in [9.17, 15) is 4.79 Å². The molecule has 5 nitrogen and oxygen atoms in total. The van der Waals surface area contributed by atoms with E-state index in [0.717, 1.165) is 32.2 Å². The fraction of sp³-hybridized carbons (Fsp3) is 0.733. The Balaban J connectivity index is 1.86. The van der Waals surface area contributed by atoms with Crippen LogP contribution in [-0.2, 0) is 0 Å². The number of amides is 1. The van der Waals surface area contributed by atoms with E-state index in [0.29, 0.717) is 17.5 Å². The Kier molecular flexibility index (Phi) is 5.17. The number of oxazole rings is 1. The van der Waals surface area contributed by atoms with E-state index >= 15 is 0 Å². The summed E-state index contributed by atoms with van der Waals surface area (Å²) in [6.45, 7) is 7.39. The molecule has 2 unspecified atom stereocenters. The molecule has 1 amide bonds. The van der Waals surface area contributed by atoms with Gasteiger partial charge < -0.3 is 15.1 Å². The summed E-state index contributed by atoms with van der Waals surface area (Å²) in [5.41, 5.74) is 0.380. The van der Waals surface area contributed by atoms with Crippen molar-refractivity contribution < 1.29 is 9.21 Å². The molecule has 20 heavy (non-hydrogen) atoms. The summed E-state index contributed by atoms with van der Waals surface area (Å²) in [6.07, 6.45) is 5.70. The van der Waals surface area contributed by atoms with Crippen molar-refractivity contribution in [2.24, 2.45) is 5.92 Å². The minimum atomic E-state index is -0.144. The van der Waals surface area contributed by atoms with Gasteiger partial charge in [-0.15, -0.1) is 0 Å². The highest BCUT2D eigenvalue weighted by Crippen LogP contribution is 2.22. The number of carbonyl (C=O) groups is 1. The van der Waals surface area contributed by atoms with Crippen LogP contribution in [0.5, 0.6) is 0 Å². The molecule has 2 heterocycles. The van der Waals surface area contributed by atoms with Gasteiger partial charge in [-0.05, 0) is 45.1 Å². The highest BCUT2D eigenvalue weighted by molar-refractivity contribution is 5.92. The van der Waals surface area contributed by atoms with Crippen LogP contribution in [0.15, 0.2) is 10.7 Å². The fourth-order valence-electron chi connectivity index (χ4n) is 2.40. The van der Waals surface area contributed by atoms with Gasteiger partial charge in [0.1, 0.15) is 6.26 Å². The molecule has 1 fully saturated rings. The maximum absolute atomic E-state index is 12.1. The van der Waals surface area contributed by atoms with Crippen molar-refractivity contribution >= 4 is 5.91 Å². The maximum Gasteiger partial charge on any atom is 0.273 e. The Morgan fingerprint density at radius 1 is 1.50 bits per heavy atom. The van der Waals surface area contributed by atoms with Gasteiger partial charge in [0.25, 0.3) is 5.91 Å². The lowest BCUT2D eigenvalue weighted by Gasteiger charge is -2.13. The van der Waals surface area contributed by atoms with Crippen LogP contribution >= 0.6 is 0 Å². The highest BCUT2D eigenvalue weighted by atomic mass is 16.3. The van der Waals surface area contributed by atoms with E-state index in [1.807, 2.05) is 6.92 Å². The Labute approximate surface area is 120 Å². The summed E-state index contributed by atoms with van der Waals surface area (Å²) in [5.74, 6) is 1.14. The van der Waals surface area contributed by atoms with E-state index in [4.69, 9.17) is 4.42 Å². The van der Waals surface area contributed by atoms with Gasteiger partial charge in [0.15, 0.2) is 5.69 Å². The topological polar surface area (TPSA) is 67.2 Å². The lowest BCUT2D eigenvalue weighted by molar-refractivity contribution is 0.0932. The second-order valence-electron chi connectivity index (χ2n) is 6.07. The van der Waals surface area contributed by atoms with E-state index in [2.05, 4.69) is 29.5 Å². The molecular formula is C15H25N3O2. The molecule has 0 saturated carbocycles. The third-order valence-electron chi connectivity index (χ3n) is 3.67. The van der Waals surface area contributed by atoms with Gasteiger partial charge in [-0.25, -0.2) is 4.98 Å². The first kappa shape index (κ1) is 15.0. The summed E-state index contributed by atoms with van der Waals surface area (Å²) in [4.78, 5) is 16.4. The Hall–Kier alpha value is -1.36. The average Bonchev–Trinajstić information content (AvgIpc) is 3.06. The largest absolute Gasteiger partial charge is 0.446 e. The molecule has 1 aromatic rings. The number of nitrogens with zero attached hydrogens (tertiary/aromatic N) is 1. The maximum atomic E-state index is 12.1. The minimum absolute atomic E-state index is 0.144. The second-order valence-corrected chi connectivity index (χ2v) is 6.07. The molecule has 2 rings (SSSR count). The smallest absolute Gasteiger partial charge is 0.273 e. The molecule has 0 bridgehead atoms. The summed E-state index contributed by atoms with van der Waals surface area (Å²) >= 11 is 0. The summed E-state index contributed by atoms with van der Waals surface area (Å²) in [6, 6.07) is 0.324. The van der Waals surface area contributed by atoms with Crippen LogP contribution in [0.3, 0.4) is 0 Å². The predicted octanol–water partition coefficient (Wildman–Crippen LogP) is 2.65. The standard InChI is InChI=1S/C15H25N3O2/c1-10(2)6-7-11(3)17-14(19)13-9-20-15(18-13)12-5-4-8-16-12/h9-12,16H,4-8H2,1-3H3,(H,17,19). The third kappa shape index (κ3) is 4.07. The van der Waals surface area contributed by atoms with Crippen molar-refractivity contribution in [3.8, 4) is 0 Å². The van der Waals surface area contributed by atoms with Crippen molar-refractivity contribution in [3.63, 3.8) is 0 Å². The van der Waals surface area contributed by atoms with E-state index < -0.39 is 0 Å². The molecule has 1 saturated heterocycles. The molecule has 1 aliphatic heterocycles. The molecular weight excluding hydrogens is 254 g/mol. The molecule has 0 radical (unpaired) electrons. The van der Waals surface area contributed by atoms with Crippen LogP contribution in [0.1, 0.15) is 68.9 Å². The zero-order valence-corrected chi connectivity index (χ0v) is 12.6. The van der Waals surface area contributed by atoms with E-state index in [1.54, 1.807) is 0 Å². The third-order valence-corrected chi connectivity index (χ3v) is 3.67. The molecule has 0 aromatic carbocycles. The number of aromatic nitrogens is 1. The van der Waals surface area contributed by atoms with Crippen molar-refractivity contribution in [2.45, 2.75) is 58.5 Å². The fourth-order valence-corrected chi connectivity index (χ4v) is 2.40. The molecule has 5 heteroatoms. The Morgan fingerprint density at radius 3 is 2.95 bits per heavy atom. The molecule has 112 valence electrons. The lowest BCUT2D eigenvalue weighted by atomic mass is 10.0. The van der Waals surface area contributed by atoms with E-state index in [1.165, 1.54) is 6.26 Å². The number of hydrogen-bond donors (Lipinski definition) is 2. The normalized spacial score (nSPS) is 20.3. The van der Waals surface area contributed by atoms with Crippen LogP contribution in [0.25, 0.3) is 0 Å².